The van der Waals surface area contributed by atoms with Crippen LogP contribution < -0.4 is 15.5 Å². The van der Waals surface area contributed by atoms with Crippen molar-refractivity contribution in [1.29, 1.82) is 0 Å². The van der Waals surface area contributed by atoms with Crippen molar-refractivity contribution in [2.75, 3.05) is 42.9 Å². The fourth-order valence-corrected chi connectivity index (χ4v) is 5.35. The molecule has 40 heavy (non-hydrogen) atoms. The molecule has 0 radical (unpaired) electrons. The lowest BCUT2D eigenvalue weighted by Gasteiger charge is -2.39. The fraction of sp³-hybridized carbons (Fsp3) is 0.538. The number of halogens is 1. The van der Waals surface area contributed by atoms with Crippen molar-refractivity contribution >= 4 is 35.8 Å². The first kappa shape index (κ1) is 28.9. The molecule has 3 fully saturated rings. The summed E-state index contributed by atoms with van der Waals surface area (Å²) in [6.07, 6.45) is 6.44. The zero-order chi connectivity index (χ0) is 28.5. The lowest BCUT2D eigenvalue weighted by atomic mass is 9.87. The number of carbonyl (C=O) groups is 4. The van der Waals surface area contributed by atoms with E-state index in [9.17, 15) is 18.8 Å². The van der Waals surface area contributed by atoms with Gasteiger partial charge in [0, 0.05) is 44.8 Å². The molecular weight excluding hydrogens is 525 g/mol. The first-order valence-corrected chi connectivity index (χ1v) is 13.4. The Labute approximate surface area is 230 Å². The Balaban J connectivity index is 0.00000118. The summed E-state index contributed by atoms with van der Waals surface area (Å²) in [7, 11) is 0. The standard InChI is InChI=1S/C25H32FN7O4.CH2O2/c26-20-13-18(29-21-6-8-23(34)30-24(21)35)3-7-22(20)32-11-9-31(10-12-32)14-17-1-4-19(5-2-17)37-25(36)33-16-27-15-28-33;2-1-3/h3,7,13,15-17,19,21,29H,1-2,4-6,8-12,14H2,(H,30,34,35);1H,(H,2,3). The Morgan fingerprint density at radius 1 is 1.15 bits per heavy atom. The molecule has 14 heteroatoms. The summed E-state index contributed by atoms with van der Waals surface area (Å²) in [4.78, 5) is 51.9. The molecule has 2 aliphatic heterocycles. The van der Waals surface area contributed by atoms with Crippen LogP contribution in [0.25, 0.3) is 0 Å². The summed E-state index contributed by atoms with van der Waals surface area (Å²) in [6.45, 7) is 3.94. The van der Waals surface area contributed by atoms with Crippen molar-refractivity contribution in [3.8, 4) is 0 Å². The number of amides is 2. The molecule has 2 saturated heterocycles. The zero-order valence-electron chi connectivity index (χ0n) is 22.1. The largest absolute Gasteiger partial charge is 0.483 e. The van der Waals surface area contributed by atoms with E-state index in [4.69, 9.17) is 14.6 Å². The molecule has 1 atom stereocenters. The van der Waals surface area contributed by atoms with E-state index in [1.807, 2.05) is 0 Å². The molecule has 3 aliphatic rings. The summed E-state index contributed by atoms with van der Waals surface area (Å²) in [5.41, 5.74) is 1.08. The van der Waals surface area contributed by atoms with Gasteiger partial charge in [0.15, 0.2) is 0 Å². The van der Waals surface area contributed by atoms with Gasteiger partial charge in [-0.15, -0.1) is 5.10 Å². The molecule has 1 aromatic heterocycles. The smallest absolute Gasteiger partial charge is 0.436 e. The van der Waals surface area contributed by atoms with E-state index in [-0.39, 0.29) is 36.6 Å². The summed E-state index contributed by atoms with van der Waals surface area (Å²) < 4.78 is 21.6. The molecule has 13 nitrogen and oxygen atoms in total. The van der Waals surface area contributed by atoms with Crippen molar-refractivity contribution in [2.45, 2.75) is 50.7 Å². The van der Waals surface area contributed by atoms with E-state index >= 15 is 0 Å². The Kier molecular flexibility index (Phi) is 10.00. The van der Waals surface area contributed by atoms with Gasteiger partial charge in [0.1, 0.15) is 30.6 Å². The highest BCUT2D eigenvalue weighted by molar-refractivity contribution is 6.01. The molecule has 2 amide bonds. The van der Waals surface area contributed by atoms with Crippen LogP contribution in [0.15, 0.2) is 30.9 Å². The van der Waals surface area contributed by atoms with Crippen LogP contribution in [0, 0.1) is 11.7 Å². The van der Waals surface area contributed by atoms with Gasteiger partial charge in [-0.1, -0.05) is 0 Å². The Hall–Kier alpha value is -4.07. The van der Waals surface area contributed by atoms with Gasteiger partial charge in [-0.25, -0.2) is 14.2 Å². The maximum atomic E-state index is 14.9. The maximum absolute atomic E-state index is 14.9. The lowest BCUT2D eigenvalue weighted by molar-refractivity contribution is -0.133. The fourth-order valence-electron chi connectivity index (χ4n) is 5.35. The second kappa shape index (κ2) is 13.8. The van der Waals surface area contributed by atoms with Gasteiger partial charge in [0.2, 0.25) is 11.8 Å². The van der Waals surface area contributed by atoms with Crippen LogP contribution in [0.5, 0.6) is 0 Å². The Morgan fingerprint density at radius 2 is 1.88 bits per heavy atom. The Morgan fingerprint density at radius 3 is 2.50 bits per heavy atom. The number of imide groups is 1. The summed E-state index contributed by atoms with van der Waals surface area (Å²) >= 11 is 0. The number of nitrogens with one attached hydrogen (secondary N) is 2. The number of hydrogen-bond acceptors (Lipinski definition) is 10. The molecule has 3 heterocycles. The molecular formula is C26H34FN7O6. The summed E-state index contributed by atoms with van der Waals surface area (Å²) in [5, 5.41) is 16.0. The number of nitrogens with zero attached hydrogens (tertiary/aromatic N) is 5. The summed E-state index contributed by atoms with van der Waals surface area (Å²) in [5.74, 6) is -0.425. The molecule has 3 N–H and O–H groups in total. The molecule has 1 saturated carbocycles. The second-order valence-electron chi connectivity index (χ2n) is 10.1. The molecule has 1 aromatic carbocycles. The van der Waals surface area contributed by atoms with Crippen LogP contribution in [0.2, 0.25) is 0 Å². The molecule has 2 aromatic rings. The number of benzene rings is 1. The number of carboxylic acid groups (broad SMARTS) is 1. The number of aromatic nitrogens is 3. The highest BCUT2D eigenvalue weighted by atomic mass is 19.1. The average molecular weight is 560 g/mol. The number of piperidine rings is 1. The van der Waals surface area contributed by atoms with Crippen LogP contribution in [-0.2, 0) is 19.1 Å². The van der Waals surface area contributed by atoms with Gasteiger partial charge in [-0.2, -0.15) is 4.68 Å². The molecule has 0 spiro atoms. The summed E-state index contributed by atoms with van der Waals surface area (Å²) in [6, 6.07) is 4.41. The van der Waals surface area contributed by atoms with E-state index < -0.39 is 12.1 Å². The highest BCUT2D eigenvalue weighted by Crippen LogP contribution is 2.29. The van der Waals surface area contributed by atoms with Crippen LogP contribution in [-0.4, -0.2) is 94.0 Å². The zero-order valence-corrected chi connectivity index (χ0v) is 22.1. The van der Waals surface area contributed by atoms with E-state index in [2.05, 4.69) is 30.5 Å². The van der Waals surface area contributed by atoms with Crippen molar-refractivity contribution in [3.63, 3.8) is 0 Å². The van der Waals surface area contributed by atoms with Crippen molar-refractivity contribution in [2.24, 2.45) is 5.92 Å². The minimum Gasteiger partial charge on any atom is -0.483 e. The average Bonchev–Trinajstić information content (AvgIpc) is 3.48. The lowest BCUT2D eigenvalue weighted by Crippen LogP contribution is -2.48. The third kappa shape index (κ3) is 7.74. The Bertz CT molecular complexity index is 1160. The van der Waals surface area contributed by atoms with E-state index in [1.54, 1.807) is 12.1 Å². The van der Waals surface area contributed by atoms with Gasteiger partial charge >= 0.3 is 6.09 Å². The minimum absolute atomic E-state index is 0.0831. The number of hydrogen-bond donors (Lipinski definition) is 3. The van der Waals surface area contributed by atoms with Crippen molar-refractivity contribution < 1.29 is 33.4 Å². The normalized spacial score (nSPS) is 23.4. The van der Waals surface area contributed by atoms with Gasteiger partial charge in [0.05, 0.1) is 5.69 Å². The molecule has 0 bridgehead atoms. The van der Waals surface area contributed by atoms with Gasteiger partial charge in [0.25, 0.3) is 6.47 Å². The topological polar surface area (TPSA) is 159 Å². The molecule has 1 unspecified atom stereocenters. The molecule has 1 aliphatic carbocycles. The monoisotopic (exact) mass is 559 g/mol. The minimum atomic E-state index is -0.540. The predicted molar refractivity (Wildman–Crippen MR) is 141 cm³/mol. The molecule has 216 valence electrons. The number of carbonyl (C=O) groups excluding carboxylic acids is 3. The number of rotatable bonds is 6. The number of piperazine rings is 1. The van der Waals surface area contributed by atoms with Crippen LogP contribution in [0.1, 0.15) is 38.5 Å². The maximum Gasteiger partial charge on any atom is 0.436 e. The highest BCUT2D eigenvalue weighted by Gasteiger charge is 2.29. The van der Waals surface area contributed by atoms with Crippen LogP contribution in [0.3, 0.4) is 0 Å². The predicted octanol–water partition coefficient (Wildman–Crippen LogP) is 1.70. The third-order valence-corrected chi connectivity index (χ3v) is 7.42. The molecule has 5 rings (SSSR count). The van der Waals surface area contributed by atoms with Crippen LogP contribution >= 0.6 is 0 Å². The van der Waals surface area contributed by atoms with Crippen molar-refractivity contribution in [3.05, 3.63) is 36.7 Å². The number of anilines is 2. The first-order valence-electron chi connectivity index (χ1n) is 13.4. The van der Waals surface area contributed by atoms with Crippen molar-refractivity contribution in [1.82, 2.24) is 25.0 Å². The van der Waals surface area contributed by atoms with E-state index in [0.29, 0.717) is 23.7 Å². The number of ether oxygens (including phenoxy) is 1. The van der Waals surface area contributed by atoms with E-state index in [0.717, 1.165) is 63.1 Å². The second-order valence-corrected chi connectivity index (χ2v) is 10.1. The van der Waals surface area contributed by atoms with Gasteiger partial charge in [-0.05, 0) is 56.2 Å². The van der Waals surface area contributed by atoms with E-state index in [1.165, 1.54) is 18.7 Å². The quantitative estimate of drug-likeness (QED) is 0.349. The SMILES string of the molecule is O=C1CCC(Nc2ccc(N3CCN(CC4CCC(OC(=O)n5cncn5)CC4)CC3)c(F)c2)C(=O)N1.O=CO. The third-order valence-electron chi connectivity index (χ3n) is 7.42. The van der Waals surface area contributed by atoms with Gasteiger partial charge < -0.3 is 20.1 Å². The van der Waals surface area contributed by atoms with Gasteiger partial charge in [-0.3, -0.25) is 24.6 Å². The van der Waals surface area contributed by atoms with Crippen LogP contribution in [0.4, 0.5) is 20.6 Å². The first-order chi connectivity index (χ1) is 19.4.